The van der Waals surface area contributed by atoms with Crippen LogP contribution in [-0.4, -0.2) is 42.3 Å². The topological polar surface area (TPSA) is 50.3 Å². The second-order valence-corrected chi connectivity index (χ2v) is 8.77. The van der Waals surface area contributed by atoms with E-state index in [4.69, 9.17) is 14.7 Å². The van der Waals surface area contributed by atoms with Gasteiger partial charge in [0.2, 0.25) is 5.95 Å². The molecule has 5 nitrogen and oxygen atoms in total. The Morgan fingerprint density at radius 3 is 2.68 bits per heavy atom. The lowest BCUT2D eigenvalue weighted by Crippen LogP contribution is -2.41. The molecule has 3 aliphatic rings. The highest BCUT2D eigenvalue weighted by Crippen LogP contribution is 2.41. The van der Waals surface area contributed by atoms with Crippen LogP contribution in [-0.2, 0) is 11.2 Å². The molecule has 2 fully saturated rings. The summed E-state index contributed by atoms with van der Waals surface area (Å²) in [6, 6.07) is 1.07. The molecule has 0 unspecified atom stereocenters. The van der Waals surface area contributed by atoms with E-state index in [1.807, 2.05) is 0 Å². The van der Waals surface area contributed by atoms with Crippen LogP contribution in [0.4, 0.5) is 5.95 Å². The van der Waals surface area contributed by atoms with Gasteiger partial charge in [0.25, 0.3) is 0 Å². The minimum Gasteiger partial charge on any atom is -0.378 e. The van der Waals surface area contributed by atoms with Gasteiger partial charge in [0, 0.05) is 36.9 Å². The third-order valence-electron chi connectivity index (χ3n) is 6.00. The van der Waals surface area contributed by atoms with Crippen molar-refractivity contribution in [2.75, 3.05) is 31.2 Å². The number of nitrogens with one attached hydrogen (secondary N) is 1. The number of rotatable bonds is 3. The van der Waals surface area contributed by atoms with Crippen molar-refractivity contribution in [2.24, 2.45) is 5.41 Å². The van der Waals surface area contributed by atoms with Crippen molar-refractivity contribution in [1.29, 1.82) is 0 Å². The maximum Gasteiger partial charge on any atom is 0.225 e. The zero-order chi connectivity index (χ0) is 17.3. The van der Waals surface area contributed by atoms with Crippen LogP contribution in [0, 0.1) is 5.41 Å². The summed E-state index contributed by atoms with van der Waals surface area (Å²) in [7, 11) is 0. The van der Waals surface area contributed by atoms with Crippen LogP contribution in [0.15, 0.2) is 6.20 Å². The second-order valence-electron chi connectivity index (χ2n) is 8.77. The molecule has 138 valence electrons. The van der Waals surface area contributed by atoms with Gasteiger partial charge in [0.05, 0.1) is 18.9 Å². The van der Waals surface area contributed by atoms with E-state index in [2.05, 4.69) is 30.3 Å². The average molecular weight is 345 g/mol. The predicted octanol–water partition coefficient (Wildman–Crippen LogP) is 3.25. The molecule has 1 saturated heterocycles. The molecular weight excluding hydrogens is 312 g/mol. The molecule has 0 amide bonds. The van der Waals surface area contributed by atoms with Crippen LogP contribution in [0.3, 0.4) is 0 Å². The Kier molecular flexibility index (Phi) is 4.96. The third-order valence-corrected chi connectivity index (χ3v) is 6.00. The lowest BCUT2D eigenvalue weighted by atomic mass is 9.73. The highest BCUT2D eigenvalue weighted by molar-refractivity contribution is 5.36. The van der Waals surface area contributed by atoms with E-state index in [1.54, 1.807) is 0 Å². The summed E-state index contributed by atoms with van der Waals surface area (Å²) >= 11 is 0. The predicted molar refractivity (Wildman–Crippen MR) is 99.9 cm³/mol. The van der Waals surface area contributed by atoms with Gasteiger partial charge < -0.3 is 15.0 Å². The van der Waals surface area contributed by atoms with Crippen molar-refractivity contribution < 1.29 is 4.74 Å². The molecular formula is C20H32N4O. The molecule has 0 spiro atoms. The first kappa shape index (κ1) is 17.2. The molecule has 0 radical (unpaired) electrons. The summed E-state index contributed by atoms with van der Waals surface area (Å²) in [5.74, 6) is 0.885. The lowest BCUT2D eigenvalue weighted by molar-refractivity contribution is 0.122. The van der Waals surface area contributed by atoms with Gasteiger partial charge >= 0.3 is 0 Å². The summed E-state index contributed by atoms with van der Waals surface area (Å²) in [6.07, 6.45) is 11.1. The number of hydrogen-bond donors (Lipinski definition) is 1. The molecule has 2 heterocycles. The second kappa shape index (κ2) is 7.20. The summed E-state index contributed by atoms with van der Waals surface area (Å²) in [4.78, 5) is 12.0. The van der Waals surface area contributed by atoms with E-state index in [-0.39, 0.29) is 5.41 Å². The van der Waals surface area contributed by atoms with Crippen LogP contribution < -0.4 is 10.2 Å². The van der Waals surface area contributed by atoms with E-state index in [0.717, 1.165) is 38.7 Å². The standard InChI is InChI=1S/C20H32N4O/c1-20(2)12-17(22-15-6-4-3-5-7-15)16-14-21-19(23-18(16)13-20)24-8-10-25-11-9-24/h14-15,17,22H,3-13H2,1-2H3/t17-/m0/s1. The number of aromatic nitrogens is 2. The zero-order valence-corrected chi connectivity index (χ0v) is 15.8. The van der Waals surface area contributed by atoms with Crippen LogP contribution >= 0.6 is 0 Å². The molecule has 1 aromatic rings. The molecule has 1 aliphatic heterocycles. The third kappa shape index (κ3) is 3.98. The maximum atomic E-state index is 5.46. The number of morpholine rings is 1. The van der Waals surface area contributed by atoms with Crippen molar-refractivity contribution in [3.05, 3.63) is 17.5 Å². The fraction of sp³-hybridized carbons (Fsp3) is 0.800. The van der Waals surface area contributed by atoms with Crippen molar-refractivity contribution in [3.8, 4) is 0 Å². The fourth-order valence-electron chi connectivity index (χ4n) is 4.65. The van der Waals surface area contributed by atoms with Crippen molar-refractivity contribution >= 4 is 5.95 Å². The number of fused-ring (bicyclic) bond motifs is 1. The molecule has 0 aromatic carbocycles. The first-order valence-electron chi connectivity index (χ1n) is 10.1. The van der Waals surface area contributed by atoms with Gasteiger partial charge in [-0.05, 0) is 31.1 Å². The fourth-order valence-corrected chi connectivity index (χ4v) is 4.65. The molecule has 2 aliphatic carbocycles. The zero-order valence-electron chi connectivity index (χ0n) is 15.8. The number of anilines is 1. The summed E-state index contributed by atoms with van der Waals surface area (Å²) in [6.45, 7) is 8.09. The number of hydrogen-bond acceptors (Lipinski definition) is 5. The van der Waals surface area contributed by atoms with E-state index in [0.29, 0.717) is 12.1 Å². The van der Waals surface area contributed by atoms with Gasteiger partial charge in [-0.15, -0.1) is 0 Å². The van der Waals surface area contributed by atoms with Gasteiger partial charge in [-0.2, -0.15) is 0 Å². The molecule has 1 atom stereocenters. The molecule has 25 heavy (non-hydrogen) atoms. The molecule has 1 N–H and O–H groups in total. The van der Waals surface area contributed by atoms with Crippen LogP contribution in [0.25, 0.3) is 0 Å². The Labute approximate surface area is 151 Å². The van der Waals surface area contributed by atoms with Crippen LogP contribution in [0.5, 0.6) is 0 Å². The van der Waals surface area contributed by atoms with E-state index < -0.39 is 0 Å². The van der Waals surface area contributed by atoms with Gasteiger partial charge in [0.1, 0.15) is 0 Å². The normalized spacial score (nSPS) is 27.1. The monoisotopic (exact) mass is 344 g/mol. The Morgan fingerprint density at radius 1 is 1.16 bits per heavy atom. The largest absolute Gasteiger partial charge is 0.378 e. The summed E-state index contributed by atoms with van der Waals surface area (Å²) in [5, 5.41) is 3.96. The highest BCUT2D eigenvalue weighted by atomic mass is 16.5. The molecule has 4 rings (SSSR count). The molecule has 5 heteroatoms. The van der Waals surface area contributed by atoms with Crippen molar-refractivity contribution in [3.63, 3.8) is 0 Å². The maximum absolute atomic E-state index is 5.46. The Balaban J connectivity index is 1.56. The minimum absolute atomic E-state index is 0.288. The lowest BCUT2D eigenvalue weighted by Gasteiger charge is -2.39. The minimum atomic E-state index is 0.288. The van der Waals surface area contributed by atoms with E-state index in [9.17, 15) is 0 Å². The van der Waals surface area contributed by atoms with Crippen molar-refractivity contribution in [2.45, 2.75) is 70.9 Å². The number of nitrogens with zero attached hydrogens (tertiary/aromatic N) is 3. The molecule has 1 aromatic heterocycles. The quantitative estimate of drug-likeness (QED) is 0.912. The first-order chi connectivity index (χ1) is 12.1. The Bertz CT molecular complexity index is 591. The van der Waals surface area contributed by atoms with Crippen LogP contribution in [0.2, 0.25) is 0 Å². The molecule has 0 bridgehead atoms. The summed E-state index contributed by atoms with van der Waals surface area (Å²) in [5.41, 5.74) is 2.87. The molecule has 1 saturated carbocycles. The van der Waals surface area contributed by atoms with Gasteiger partial charge in [-0.25, -0.2) is 9.97 Å². The van der Waals surface area contributed by atoms with Crippen LogP contribution in [0.1, 0.15) is 69.7 Å². The van der Waals surface area contributed by atoms with E-state index >= 15 is 0 Å². The highest BCUT2D eigenvalue weighted by Gasteiger charge is 2.35. The van der Waals surface area contributed by atoms with E-state index in [1.165, 1.54) is 49.8 Å². The Morgan fingerprint density at radius 2 is 1.92 bits per heavy atom. The van der Waals surface area contributed by atoms with Crippen molar-refractivity contribution in [1.82, 2.24) is 15.3 Å². The Hall–Kier alpha value is -1.20. The van der Waals surface area contributed by atoms with Gasteiger partial charge in [-0.1, -0.05) is 33.1 Å². The number of ether oxygens (including phenoxy) is 1. The van der Waals surface area contributed by atoms with Gasteiger partial charge in [-0.3, -0.25) is 0 Å². The first-order valence-corrected chi connectivity index (χ1v) is 10.1. The average Bonchev–Trinajstić information content (AvgIpc) is 2.62. The van der Waals surface area contributed by atoms with Gasteiger partial charge in [0.15, 0.2) is 0 Å². The summed E-state index contributed by atoms with van der Waals surface area (Å²) < 4.78 is 5.46. The SMILES string of the molecule is CC1(C)Cc2nc(N3CCOCC3)ncc2[C@@H](NC2CCCCC2)C1. The smallest absolute Gasteiger partial charge is 0.225 e.